The van der Waals surface area contributed by atoms with Gasteiger partial charge in [-0.1, -0.05) is 41.9 Å². The van der Waals surface area contributed by atoms with Crippen LogP contribution >= 0.6 is 22.9 Å². The van der Waals surface area contributed by atoms with E-state index < -0.39 is 16.4 Å². The molecule has 0 saturated heterocycles. The molecule has 0 amide bonds. The van der Waals surface area contributed by atoms with Gasteiger partial charge in [-0.2, -0.15) is 5.26 Å². The molecule has 0 aliphatic carbocycles. The van der Waals surface area contributed by atoms with Crippen LogP contribution in [0.4, 0.5) is 10.7 Å². The third-order valence-corrected chi connectivity index (χ3v) is 6.42. The van der Waals surface area contributed by atoms with Gasteiger partial charge in [0.2, 0.25) is 5.75 Å². The van der Waals surface area contributed by atoms with Crippen LogP contribution < -0.4 is 0 Å². The molecule has 0 unspecified atom stereocenters. The van der Waals surface area contributed by atoms with Gasteiger partial charge in [0.25, 0.3) is 0 Å². The van der Waals surface area contributed by atoms with Gasteiger partial charge in [-0.3, -0.25) is 15.0 Å². The topological polar surface area (TPSA) is 103 Å². The Morgan fingerprint density at radius 1 is 1.35 bits per heavy atom. The largest absolute Gasteiger partial charge is 0.502 e. The molecule has 2 aromatic carbocycles. The maximum Gasteiger partial charge on any atom is 0.312 e. The van der Waals surface area contributed by atoms with E-state index in [0.29, 0.717) is 10.6 Å². The zero-order valence-electron chi connectivity index (χ0n) is 16.3. The van der Waals surface area contributed by atoms with Crippen LogP contribution in [-0.4, -0.2) is 27.7 Å². The summed E-state index contributed by atoms with van der Waals surface area (Å²) in [7, 11) is 0. The van der Waals surface area contributed by atoms with Gasteiger partial charge in [-0.15, -0.1) is 11.3 Å². The number of nitro groups is 1. The number of rotatable bonds is 5. The highest BCUT2D eigenvalue weighted by molar-refractivity contribution is 7.16. The normalized spacial score (nSPS) is 13.8. The third-order valence-electron chi connectivity index (χ3n) is 5.08. The first-order valence-electron chi connectivity index (χ1n) is 9.48. The summed E-state index contributed by atoms with van der Waals surface area (Å²) in [6, 6.07) is 14.9. The first-order chi connectivity index (χ1) is 15.0. The van der Waals surface area contributed by atoms with Crippen molar-refractivity contribution in [2.75, 3.05) is 6.54 Å². The van der Waals surface area contributed by atoms with Gasteiger partial charge >= 0.3 is 5.69 Å². The van der Waals surface area contributed by atoms with Crippen LogP contribution in [0.1, 0.15) is 27.1 Å². The van der Waals surface area contributed by atoms with E-state index in [2.05, 4.69) is 28.1 Å². The fourth-order valence-corrected chi connectivity index (χ4v) is 5.00. The molecular weight excluding hydrogens is 436 g/mol. The van der Waals surface area contributed by atoms with Gasteiger partial charge in [0.15, 0.2) is 0 Å². The lowest BCUT2D eigenvalue weighted by Crippen LogP contribution is -2.29. The van der Waals surface area contributed by atoms with Gasteiger partial charge < -0.3 is 5.11 Å². The molecule has 1 aliphatic heterocycles. The van der Waals surface area contributed by atoms with Crippen LogP contribution in [-0.2, 0) is 19.5 Å². The molecular formula is C22H17ClN4O3S. The number of nitro benzene ring substituents is 1. The van der Waals surface area contributed by atoms with Gasteiger partial charge in [0, 0.05) is 47.4 Å². The molecule has 31 heavy (non-hydrogen) atoms. The molecule has 3 aromatic rings. The van der Waals surface area contributed by atoms with Crippen LogP contribution in [0.2, 0.25) is 5.02 Å². The monoisotopic (exact) mass is 452 g/mol. The lowest BCUT2D eigenvalue weighted by atomic mass is 10.0. The zero-order chi connectivity index (χ0) is 22.0. The number of nitriles is 1. The average molecular weight is 453 g/mol. The maximum atomic E-state index is 11.1. The van der Waals surface area contributed by atoms with Crippen molar-refractivity contribution in [3.63, 3.8) is 0 Å². The highest BCUT2D eigenvalue weighted by Crippen LogP contribution is 2.39. The number of nitrogens with zero attached hydrogens (tertiary/aromatic N) is 4. The summed E-state index contributed by atoms with van der Waals surface area (Å²) >= 11 is 7.37. The predicted molar refractivity (Wildman–Crippen MR) is 120 cm³/mol. The molecule has 1 aromatic heterocycles. The Balaban J connectivity index is 1.61. The molecule has 2 heterocycles. The summed E-state index contributed by atoms with van der Waals surface area (Å²) in [6.07, 6.45) is 2.07. The predicted octanol–water partition coefficient (Wildman–Crippen LogP) is 5.20. The highest BCUT2D eigenvalue weighted by Gasteiger charge is 2.24. The van der Waals surface area contributed by atoms with Crippen molar-refractivity contribution in [3.05, 3.63) is 84.7 Å². The molecule has 1 aliphatic rings. The number of phenols is 1. The smallest absolute Gasteiger partial charge is 0.312 e. The van der Waals surface area contributed by atoms with Crippen LogP contribution in [0.3, 0.4) is 0 Å². The van der Waals surface area contributed by atoms with Crippen molar-refractivity contribution < 1.29 is 10.0 Å². The van der Waals surface area contributed by atoms with E-state index in [1.54, 1.807) is 0 Å². The summed E-state index contributed by atoms with van der Waals surface area (Å²) in [5.41, 5.74) is 2.40. The minimum Gasteiger partial charge on any atom is -0.502 e. The SMILES string of the molecule is N#Cc1c(N=Cc2cc(Cl)cc([N+](=O)[O-])c2O)sc2c1CCN(Cc1ccccc1)C2. The second-order valence-electron chi connectivity index (χ2n) is 7.12. The molecule has 0 atom stereocenters. The van der Waals surface area contributed by atoms with E-state index in [1.807, 2.05) is 18.2 Å². The van der Waals surface area contributed by atoms with Crippen LogP contribution in [0.25, 0.3) is 0 Å². The quantitative estimate of drug-likeness (QED) is 0.325. The van der Waals surface area contributed by atoms with E-state index in [0.717, 1.165) is 42.6 Å². The molecule has 0 saturated carbocycles. The summed E-state index contributed by atoms with van der Waals surface area (Å²) in [5, 5.41) is 31.6. The van der Waals surface area contributed by atoms with Crippen LogP contribution in [0.5, 0.6) is 5.75 Å². The Labute approximate surface area is 187 Å². The maximum absolute atomic E-state index is 11.1. The van der Waals surface area contributed by atoms with Gasteiger partial charge in [0.1, 0.15) is 11.1 Å². The Bertz CT molecular complexity index is 1220. The van der Waals surface area contributed by atoms with Crippen molar-refractivity contribution in [1.82, 2.24) is 4.90 Å². The first-order valence-corrected chi connectivity index (χ1v) is 10.7. The number of aliphatic imine (C=N–C) groups is 1. The number of fused-ring (bicyclic) bond motifs is 1. The third kappa shape index (κ3) is 4.44. The van der Waals surface area contributed by atoms with E-state index in [4.69, 9.17) is 11.6 Å². The summed E-state index contributed by atoms with van der Waals surface area (Å²) in [5.74, 6) is -0.507. The minimum absolute atomic E-state index is 0.119. The molecule has 0 spiro atoms. The number of thiophene rings is 1. The van der Waals surface area contributed by atoms with Crippen molar-refractivity contribution in [2.24, 2.45) is 4.99 Å². The molecule has 0 fully saturated rings. The Morgan fingerprint density at radius 2 is 2.13 bits per heavy atom. The van der Waals surface area contributed by atoms with Crippen molar-refractivity contribution >= 4 is 39.8 Å². The number of benzene rings is 2. The van der Waals surface area contributed by atoms with Crippen LogP contribution in [0.15, 0.2) is 47.5 Å². The Kier molecular flexibility index (Phi) is 6.00. The molecule has 156 valence electrons. The molecule has 7 nitrogen and oxygen atoms in total. The second kappa shape index (κ2) is 8.86. The van der Waals surface area contributed by atoms with Crippen molar-refractivity contribution in [1.29, 1.82) is 5.26 Å². The van der Waals surface area contributed by atoms with Crippen molar-refractivity contribution in [2.45, 2.75) is 19.5 Å². The second-order valence-corrected chi connectivity index (χ2v) is 8.64. The van der Waals surface area contributed by atoms with Gasteiger partial charge in [-0.05, 0) is 23.6 Å². The minimum atomic E-state index is -0.704. The number of halogens is 1. The van der Waals surface area contributed by atoms with Crippen molar-refractivity contribution in [3.8, 4) is 11.8 Å². The average Bonchev–Trinajstić information content (AvgIpc) is 3.11. The zero-order valence-corrected chi connectivity index (χ0v) is 17.9. The van der Waals surface area contributed by atoms with E-state index in [9.17, 15) is 20.5 Å². The highest BCUT2D eigenvalue weighted by atomic mass is 35.5. The first kappa shape index (κ1) is 21.0. The summed E-state index contributed by atoms with van der Waals surface area (Å²) in [4.78, 5) is 18.2. The number of aromatic hydroxyl groups is 1. The lowest BCUT2D eigenvalue weighted by molar-refractivity contribution is -0.385. The van der Waals surface area contributed by atoms with E-state index in [-0.39, 0.29) is 10.6 Å². The lowest BCUT2D eigenvalue weighted by Gasteiger charge is -2.26. The molecule has 9 heteroatoms. The number of hydrogen-bond donors (Lipinski definition) is 1. The fraction of sp³-hybridized carbons (Fsp3) is 0.182. The van der Waals surface area contributed by atoms with Gasteiger partial charge in [-0.25, -0.2) is 4.99 Å². The summed E-state index contributed by atoms with van der Waals surface area (Å²) in [6.45, 7) is 2.41. The Hall–Kier alpha value is -3.25. The molecule has 4 rings (SSSR count). The molecule has 0 bridgehead atoms. The molecule has 0 radical (unpaired) electrons. The van der Waals surface area contributed by atoms with E-state index >= 15 is 0 Å². The Morgan fingerprint density at radius 3 is 2.84 bits per heavy atom. The fourth-order valence-electron chi connectivity index (χ4n) is 3.60. The number of phenolic OH excluding ortho intramolecular Hbond substituents is 1. The van der Waals surface area contributed by atoms with Gasteiger partial charge in [0.05, 0.1) is 10.5 Å². The van der Waals surface area contributed by atoms with E-state index in [1.165, 1.54) is 29.2 Å². The van der Waals surface area contributed by atoms with Crippen LogP contribution in [0, 0.1) is 21.4 Å². The number of hydrogen-bond acceptors (Lipinski definition) is 7. The molecule has 1 N–H and O–H groups in total. The standard InChI is InChI=1S/C22H17ClN4O3S/c23-16-8-15(21(28)19(9-16)27(29)30)11-25-22-18(10-24)17-6-7-26(13-20(17)31-22)12-14-4-2-1-3-5-14/h1-5,8-9,11,28H,6-7,12-13H2. The summed E-state index contributed by atoms with van der Waals surface area (Å²) < 4.78 is 0.